The number of nitrogens with zero attached hydrogens (tertiary/aromatic N) is 2. The molecule has 152 valence electrons. The van der Waals surface area contributed by atoms with E-state index in [1.807, 2.05) is 0 Å². The van der Waals surface area contributed by atoms with Gasteiger partial charge in [0, 0.05) is 33.1 Å². The van der Waals surface area contributed by atoms with Crippen molar-refractivity contribution < 1.29 is 23.9 Å². The van der Waals surface area contributed by atoms with Crippen LogP contribution in [-0.4, -0.2) is 66.3 Å². The van der Waals surface area contributed by atoms with Crippen LogP contribution in [0.2, 0.25) is 0 Å². The quantitative estimate of drug-likeness (QED) is 0.608. The lowest BCUT2D eigenvalue weighted by atomic mass is 9.89. The number of rotatable bonds is 5. The molecule has 1 heterocycles. The standard InChI is InChI=1S/C20H27N3O5/c1-5-28-17(25)15-8-6-7-9-16(15)21-18(26)20(3,4)19(27)23-12-10-22(11-13-23)14(2)24/h6-9H,5,10-13H2,1-4H3,(H,21,26). The molecule has 1 aromatic rings. The fourth-order valence-electron chi connectivity index (χ4n) is 2.97. The fraction of sp³-hybridized carbons (Fsp3) is 0.500. The summed E-state index contributed by atoms with van der Waals surface area (Å²) >= 11 is 0. The van der Waals surface area contributed by atoms with Crippen LogP contribution in [0.15, 0.2) is 24.3 Å². The Hall–Kier alpha value is -2.90. The molecule has 2 rings (SSSR count). The van der Waals surface area contributed by atoms with Gasteiger partial charge in [-0.3, -0.25) is 14.4 Å². The molecule has 1 aliphatic heterocycles. The maximum Gasteiger partial charge on any atom is 0.340 e. The van der Waals surface area contributed by atoms with Gasteiger partial charge in [0.2, 0.25) is 17.7 Å². The van der Waals surface area contributed by atoms with Gasteiger partial charge in [-0.25, -0.2) is 4.79 Å². The normalized spacial score (nSPS) is 14.4. The minimum Gasteiger partial charge on any atom is -0.462 e. The van der Waals surface area contributed by atoms with Crippen LogP contribution in [0.4, 0.5) is 5.69 Å². The monoisotopic (exact) mass is 389 g/mol. The van der Waals surface area contributed by atoms with Crippen molar-refractivity contribution in [2.45, 2.75) is 27.7 Å². The zero-order valence-electron chi connectivity index (χ0n) is 16.8. The van der Waals surface area contributed by atoms with Gasteiger partial charge < -0.3 is 19.9 Å². The fourth-order valence-corrected chi connectivity index (χ4v) is 2.97. The van der Waals surface area contributed by atoms with Gasteiger partial charge in [-0.2, -0.15) is 0 Å². The Kier molecular flexibility index (Phi) is 6.77. The van der Waals surface area contributed by atoms with E-state index >= 15 is 0 Å². The number of ether oxygens (including phenoxy) is 1. The molecule has 1 fully saturated rings. The van der Waals surface area contributed by atoms with Gasteiger partial charge in [0.15, 0.2) is 0 Å². The summed E-state index contributed by atoms with van der Waals surface area (Å²) in [7, 11) is 0. The number of hydrogen-bond acceptors (Lipinski definition) is 5. The molecule has 0 aliphatic carbocycles. The number of nitrogens with one attached hydrogen (secondary N) is 1. The molecule has 0 unspecified atom stereocenters. The molecular formula is C20H27N3O5. The second-order valence-electron chi connectivity index (χ2n) is 7.14. The predicted octanol–water partition coefficient (Wildman–Crippen LogP) is 1.52. The Balaban J connectivity index is 2.10. The van der Waals surface area contributed by atoms with E-state index in [0.29, 0.717) is 31.9 Å². The van der Waals surface area contributed by atoms with Crippen LogP contribution < -0.4 is 5.32 Å². The van der Waals surface area contributed by atoms with E-state index in [-0.39, 0.29) is 24.0 Å². The van der Waals surface area contributed by atoms with Crippen molar-refractivity contribution in [3.8, 4) is 0 Å². The van der Waals surface area contributed by atoms with Crippen molar-refractivity contribution >= 4 is 29.4 Å². The number of anilines is 1. The number of benzene rings is 1. The molecule has 1 aliphatic rings. The highest BCUT2D eigenvalue weighted by Crippen LogP contribution is 2.25. The molecule has 1 N–H and O–H groups in total. The van der Waals surface area contributed by atoms with Crippen molar-refractivity contribution in [1.29, 1.82) is 0 Å². The number of carbonyl (C=O) groups excluding carboxylic acids is 4. The third kappa shape index (κ3) is 4.68. The van der Waals surface area contributed by atoms with Gasteiger partial charge >= 0.3 is 5.97 Å². The van der Waals surface area contributed by atoms with Crippen LogP contribution in [0.25, 0.3) is 0 Å². The summed E-state index contributed by atoms with van der Waals surface area (Å²) in [5.74, 6) is -1.40. The molecule has 1 saturated heterocycles. The lowest BCUT2D eigenvalue weighted by Gasteiger charge is -2.37. The van der Waals surface area contributed by atoms with E-state index in [1.54, 1.807) is 54.8 Å². The van der Waals surface area contributed by atoms with Gasteiger partial charge in [0.25, 0.3) is 0 Å². The maximum atomic E-state index is 12.9. The van der Waals surface area contributed by atoms with Crippen LogP contribution in [0.5, 0.6) is 0 Å². The lowest BCUT2D eigenvalue weighted by Crippen LogP contribution is -2.55. The third-order valence-corrected chi connectivity index (χ3v) is 4.79. The van der Waals surface area contributed by atoms with Gasteiger partial charge in [0.1, 0.15) is 5.41 Å². The van der Waals surface area contributed by atoms with Crippen LogP contribution in [0.1, 0.15) is 38.1 Å². The summed E-state index contributed by atoms with van der Waals surface area (Å²) in [5, 5.41) is 2.69. The van der Waals surface area contributed by atoms with Crippen LogP contribution in [0, 0.1) is 5.41 Å². The zero-order valence-corrected chi connectivity index (χ0v) is 16.8. The minimum atomic E-state index is -1.33. The molecule has 0 saturated carbocycles. The first kappa shape index (κ1) is 21.4. The topological polar surface area (TPSA) is 96.0 Å². The molecule has 8 nitrogen and oxygen atoms in total. The number of esters is 1. The molecule has 0 aromatic heterocycles. The second kappa shape index (κ2) is 8.86. The lowest BCUT2D eigenvalue weighted by molar-refractivity contribution is -0.149. The second-order valence-corrected chi connectivity index (χ2v) is 7.14. The van der Waals surface area contributed by atoms with Crippen molar-refractivity contribution in [1.82, 2.24) is 9.80 Å². The summed E-state index contributed by atoms with van der Waals surface area (Å²) in [5.41, 5.74) is -0.801. The number of hydrogen-bond donors (Lipinski definition) is 1. The summed E-state index contributed by atoms with van der Waals surface area (Å²) in [6.07, 6.45) is 0. The van der Waals surface area contributed by atoms with E-state index in [0.717, 1.165) is 0 Å². The molecule has 0 spiro atoms. The van der Waals surface area contributed by atoms with E-state index in [2.05, 4.69) is 5.32 Å². The van der Waals surface area contributed by atoms with Crippen molar-refractivity contribution in [2.75, 3.05) is 38.1 Å². The summed E-state index contributed by atoms with van der Waals surface area (Å²) in [6.45, 7) is 8.18. The van der Waals surface area contributed by atoms with Gasteiger partial charge in [-0.1, -0.05) is 12.1 Å². The molecule has 1 aromatic carbocycles. The van der Waals surface area contributed by atoms with E-state index in [1.165, 1.54) is 6.92 Å². The molecule has 0 bridgehead atoms. The van der Waals surface area contributed by atoms with Crippen LogP contribution >= 0.6 is 0 Å². The number of piperazine rings is 1. The Morgan fingerprint density at radius 2 is 1.61 bits per heavy atom. The SMILES string of the molecule is CCOC(=O)c1ccccc1NC(=O)C(C)(C)C(=O)N1CCN(C(C)=O)CC1. The number of carbonyl (C=O) groups is 4. The molecule has 3 amide bonds. The van der Waals surface area contributed by atoms with E-state index in [9.17, 15) is 19.2 Å². The minimum absolute atomic E-state index is 0.0281. The first-order chi connectivity index (χ1) is 13.2. The highest BCUT2D eigenvalue weighted by Gasteiger charge is 2.40. The molecule has 0 atom stereocenters. The zero-order chi connectivity index (χ0) is 20.9. The van der Waals surface area contributed by atoms with Gasteiger partial charge in [0.05, 0.1) is 17.9 Å². The van der Waals surface area contributed by atoms with Crippen LogP contribution in [-0.2, 0) is 19.1 Å². The van der Waals surface area contributed by atoms with E-state index in [4.69, 9.17) is 4.74 Å². The summed E-state index contributed by atoms with van der Waals surface area (Å²) in [6, 6.07) is 6.51. The Morgan fingerprint density at radius 1 is 1.04 bits per heavy atom. The largest absolute Gasteiger partial charge is 0.462 e. The predicted molar refractivity (Wildman–Crippen MR) is 104 cm³/mol. The maximum absolute atomic E-state index is 12.9. The average molecular weight is 389 g/mol. The van der Waals surface area contributed by atoms with E-state index < -0.39 is 17.3 Å². The number of para-hydroxylation sites is 1. The van der Waals surface area contributed by atoms with Gasteiger partial charge in [-0.05, 0) is 32.9 Å². The van der Waals surface area contributed by atoms with Gasteiger partial charge in [-0.15, -0.1) is 0 Å². The summed E-state index contributed by atoms with van der Waals surface area (Å²) < 4.78 is 5.01. The molecule has 28 heavy (non-hydrogen) atoms. The molecular weight excluding hydrogens is 362 g/mol. The Labute approximate surface area is 164 Å². The van der Waals surface area contributed by atoms with Crippen molar-refractivity contribution in [2.24, 2.45) is 5.41 Å². The number of amides is 3. The Morgan fingerprint density at radius 3 is 2.18 bits per heavy atom. The Bertz CT molecular complexity index is 767. The average Bonchev–Trinajstić information content (AvgIpc) is 2.68. The third-order valence-electron chi connectivity index (χ3n) is 4.79. The smallest absolute Gasteiger partial charge is 0.340 e. The van der Waals surface area contributed by atoms with Crippen molar-refractivity contribution in [3.63, 3.8) is 0 Å². The summed E-state index contributed by atoms with van der Waals surface area (Å²) in [4.78, 5) is 52.6. The molecule has 8 heteroatoms. The first-order valence-corrected chi connectivity index (χ1v) is 9.31. The van der Waals surface area contributed by atoms with Crippen LogP contribution in [0.3, 0.4) is 0 Å². The molecule has 0 radical (unpaired) electrons. The highest BCUT2D eigenvalue weighted by atomic mass is 16.5. The van der Waals surface area contributed by atoms with Crippen molar-refractivity contribution in [3.05, 3.63) is 29.8 Å². The first-order valence-electron chi connectivity index (χ1n) is 9.31. The highest BCUT2D eigenvalue weighted by molar-refractivity contribution is 6.11.